The molecule has 0 fully saturated rings. The third-order valence-electron chi connectivity index (χ3n) is 4.83. The van der Waals surface area contributed by atoms with Gasteiger partial charge in [0.15, 0.2) is 17.3 Å². The fourth-order valence-corrected chi connectivity index (χ4v) is 3.17. The molecule has 1 aromatic heterocycles. The van der Waals surface area contributed by atoms with E-state index in [1.807, 2.05) is 48.6 Å². The first kappa shape index (κ1) is 22.4. The van der Waals surface area contributed by atoms with Gasteiger partial charge in [0.25, 0.3) is 0 Å². The summed E-state index contributed by atoms with van der Waals surface area (Å²) in [5.41, 5.74) is 1.83. The molecule has 3 rings (SSSR count). The highest BCUT2D eigenvalue weighted by atomic mass is 16.5. The number of ether oxygens (including phenoxy) is 3. The lowest BCUT2D eigenvalue weighted by Crippen LogP contribution is -2.17. The smallest absolute Gasteiger partial charge is 0.162 e. The second-order valence-corrected chi connectivity index (χ2v) is 7.34. The number of rotatable bonds is 10. The zero-order chi connectivity index (χ0) is 22.2. The maximum absolute atomic E-state index is 5.47. The number of nitrogens with one attached hydrogen (secondary N) is 1. The number of methoxy groups -OCH3 is 3. The molecular weight excluding hydrogens is 392 g/mol. The van der Waals surface area contributed by atoms with Crippen LogP contribution >= 0.6 is 0 Å². The number of nitrogens with zero attached hydrogens (tertiary/aromatic N) is 3. The molecular formula is C24H30N4O3. The topological polar surface area (TPSA) is 68.7 Å². The Kier molecular flexibility index (Phi) is 7.67. The van der Waals surface area contributed by atoms with E-state index >= 15 is 0 Å². The maximum Gasteiger partial charge on any atom is 0.162 e. The first-order valence-electron chi connectivity index (χ1n) is 10.2. The molecule has 2 aromatic carbocycles. The van der Waals surface area contributed by atoms with Crippen molar-refractivity contribution in [3.8, 4) is 17.2 Å². The zero-order valence-corrected chi connectivity index (χ0v) is 18.8. The van der Waals surface area contributed by atoms with Gasteiger partial charge in [0.1, 0.15) is 11.6 Å². The minimum Gasteiger partial charge on any atom is -0.497 e. The predicted molar refractivity (Wildman–Crippen MR) is 126 cm³/mol. The third kappa shape index (κ3) is 5.86. The van der Waals surface area contributed by atoms with Gasteiger partial charge >= 0.3 is 0 Å². The SMILES string of the molecule is COc1ccc(/C=C/c2nc(NCCCN(C)C)c3cc(OC)c(OC)cc3n2)cc1. The van der Waals surface area contributed by atoms with Crippen LogP contribution in [0.4, 0.5) is 5.82 Å². The van der Waals surface area contributed by atoms with E-state index in [0.29, 0.717) is 17.3 Å². The van der Waals surface area contributed by atoms with Crippen LogP contribution in [0, 0.1) is 0 Å². The molecule has 7 heteroatoms. The maximum atomic E-state index is 5.47. The average molecular weight is 423 g/mol. The van der Waals surface area contributed by atoms with E-state index in [1.54, 1.807) is 21.3 Å². The monoisotopic (exact) mass is 422 g/mol. The summed E-state index contributed by atoms with van der Waals surface area (Å²) in [5.74, 6) is 3.50. The Labute approximate surface area is 183 Å². The Bertz CT molecular complexity index is 1030. The molecule has 0 aliphatic heterocycles. The van der Waals surface area contributed by atoms with Gasteiger partial charge in [-0.05, 0) is 56.9 Å². The molecule has 0 aliphatic rings. The van der Waals surface area contributed by atoms with Crippen LogP contribution in [0.15, 0.2) is 36.4 Å². The summed E-state index contributed by atoms with van der Waals surface area (Å²) in [4.78, 5) is 11.6. The highest BCUT2D eigenvalue weighted by molar-refractivity contribution is 5.92. The predicted octanol–water partition coefficient (Wildman–Crippen LogP) is 4.19. The second-order valence-electron chi connectivity index (χ2n) is 7.34. The van der Waals surface area contributed by atoms with Crippen molar-refractivity contribution in [3.63, 3.8) is 0 Å². The lowest BCUT2D eigenvalue weighted by Gasteiger charge is -2.14. The van der Waals surface area contributed by atoms with E-state index in [-0.39, 0.29) is 0 Å². The molecule has 1 N–H and O–H groups in total. The van der Waals surface area contributed by atoms with Crippen LogP contribution in [0.2, 0.25) is 0 Å². The third-order valence-corrected chi connectivity index (χ3v) is 4.83. The van der Waals surface area contributed by atoms with Crippen molar-refractivity contribution in [2.24, 2.45) is 0 Å². The minimum absolute atomic E-state index is 0.616. The summed E-state index contributed by atoms with van der Waals surface area (Å²) in [5, 5.41) is 4.35. The molecule has 0 bridgehead atoms. The molecule has 164 valence electrons. The summed E-state index contributed by atoms with van der Waals surface area (Å²) in [6.07, 6.45) is 4.89. The largest absolute Gasteiger partial charge is 0.497 e. The molecule has 0 saturated carbocycles. The summed E-state index contributed by atoms with van der Waals surface area (Å²) in [6.45, 7) is 1.80. The van der Waals surface area contributed by atoms with Gasteiger partial charge in [-0.1, -0.05) is 18.2 Å². The highest BCUT2D eigenvalue weighted by Crippen LogP contribution is 2.34. The highest BCUT2D eigenvalue weighted by Gasteiger charge is 2.12. The summed E-state index contributed by atoms with van der Waals surface area (Å²) >= 11 is 0. The van der Waals surface area contributed by atoms with Gasteiger partial charge in [0.05, 0.1) is 26.8 Å². The van der Waals surface area contributed by atoms with E-state index < -0.39 is 0 Å². The Hall–Kier alpha value is -3.32. The van der Waals surface area contributed by atoms with E-state index in [2.05, 4.69) is 24.3 Å². The lowest BCUT2D eigenvalue weighted by atomic mass is 10.2. The van der Waals surface area contributed by atoms with Crippen molar-refractivity contribution in [3.05, 3.63) is 47.8 Å². The second kappa shape index (κ2) is 10.6. The van der Waals surface area contributed by atoms with Crippen LogP contribution in [0.3, 0.4) is 0 Å². The van der Waals surface area contributed by atoms with Crippen molar-refractivity contribution in [1.82, 2.24) is 14.9 Å². The van der Waals surface area contributed by atoms with Gasteiger partial charge in [0.2, 0.25) is 0 Å². The van der Waals surface area contributed by atoms with Crippen LogP contribution in [0.1, 0.15) is 17.8 Å². The van der Waals surface area contributed by atoms with E-state index in [1.165, 1.54) is 0 Å². The summed E-state index contributed by atoms with van der Waals surface area (Å²) in [7, 11) is 9.04. The molecule has 0 amide bonds. The fourth-order valence-electron chi connectivity index (χ4n) is 3.17. The molecule has 3 aromatic rings. The van der Waals surface area contributed by atoms with Crippen LogP contribution in [0.5, 0.6) is 17.2 Å². The first-order chi connectivity index (χ1) is 15.0. The van der Waals surface area contributed by atoms with Crippen LogP contribution in [0.25, 0.3) is 23.1 Å². The number of aromatic nitrogens is 2. The van der Waals surface area contributed by atoms with E-state index in [9.17, 15) is 0 Å². The first-order valence-corrected chi connectivity index (χ1v) is 10.2. The molecule has 0 radical (unpaired) electrons. The Morgan fingerprint density at radius 2 is 1.61 bits per heavy atom. The molecule has 0 spiro atoms. The molecule has 0 aliphatic carbocycles. The average Bonchev–Trinajstić information content (AvgIpc) is 2.79. The van der Waals surface area contributed by atoms with Gasteiger partial charge in [-0.3, -0.25) is 0 Å². The molecule has 0 saturated heterocycles. The number of hydrogen-bond acceptors (Lipinski definition) is 7. The molecule has 7 nitrogen and oxygen atoms in total. The van der Waals surface area contributed by atoms with Crippen LogP contribution < -0.4 is 19.5 Å². The van der Waals surface area contributed by atoms with Gasteiger partial charge in [0, 0.05) is 18.0 Å². The summed E-state index contributed by atoms with van der Waals surface area (Å²) in [6, 6.07) is 11.6. The van der Waals surface area contributed by atoms with Crippen molar-refractivity contribution in [2.45, 2.75) is 6.42 Å². The van der Waals surface area contributed by atoms with Gasteiger partial charge in [-0.15, -0.1) is 0 Å². The zero-order valence-electron chi connectivity index (χ0n) is 18.8. The number of hydrogen-bond donors (Lipinski definition) is 1. The van der Waals surface area contributed by atoms with E-state index in [0.717, 1.165) is 47.5 Å². The molecule has 0 unspecified atom stereocenters. The Balaban J connectivity index is 1.95. The summed E-state index contributed by atoms with van der Waals surface area (Å²) < 4.78 is 16.1. The Morgan fingerprint density at radius 1 is 0.903 bits per heavy atom. The van der Waals surface area contributed by atoms with Crippen molar-refractivity contribution in [1.29, 1.82) is 0 Å². The van der Waals surface area contributed by atoms with Crippen LogP contribution in [-0.2, 0) is 0 Å². The number of benzene rings is 2. The standard InChI is InChI=1S/C24H30N4O3/c1-28(2)14-6-13-25-24-19-15-21(30-4)22(31-5)16-20(19)26-23(27-24)12-9-17-7-10-18(29-3)11-8-17/h7-12,15-16H,6,13-14H2,1-5H3,(H,25,26,27)/b12-9+. The fraction of sp³-hybridized carbons (Fsp3) is 0.333. The quantitative estimate of drug-likeness (QED) is 0.491. The van der Waals surface area contributed by atoms with Gasteiger partial charge in [-0.2, -0.15) is 0 Å². The van der Waals surface area contributed by atoms with Crippen molar-refractivity contribution >= 4 is 28.9 Å². The molecule has 31 heavy (non-hydrogen) atoms. The molecule has 0 atom stereocenters. The number of anilines is 1. The molecule has 1 heterocycles. The van der Waals surface area contributed by atoms with Gasteiger partial charge < -0.3 is 24.4 Å². The van der Waals surface area contributed by atoms with Gasteiger partial charge in [-0.25, -0.2) is 9.97 Å². The van der Waals surface area contributed by atoms with Crippen LogP contribution in [-0.4, -0.2) is 63.4 Å². The normalized spacial score (nSPS) is 11.3. The van der Waals surface area contributed by atoms with Crippen molar-refractivity contribution in [2.75, 3.05) is 53.8 Å². The van der Waals surface area contributed by atoms with Crippen molar-refractivity contribution < 1.29 is 14.2 Å². The Morgan fingerprint density at radius 3 is 2.26 bits per heavy atom. The number of fused-ring (bicyclic) bond motifs is 1. The lowest BCUT2D eigenvalue weighted by molar-refractivity contribution is 0.356. The minimum atomic E-state index is 0.616. The van der Waals surface area contributed by atoms with E-state index in [4.69, 9.17) is 24.2 Å².